The number of rotatable bonds is 4. The van der Waals surface area contributed by atoms with Crippen molar-refractivity contribution in [2.24, 2.45) is 0 Å². The highest BCUT2D eigenvalue weighted by atomic mass is 16.5. The van der Waals surface area contributed by atoms with E-state index in [1.807, 2.05) is 0 Å². The van der Waals surface area contributed by atoms with E-state index in [2.05, 4.69) is 9.97 Å². The fourth-order valence-electron chi connectivity index (χ4n) is 3.67. The number of anilines is 2. The van der Waals surface area contributed by atoms with Gasteiger partial charge in [-0.15, -0.1) is 0 Å². The van der Waals surface area contributed by atoms with E-state index >= 15 is 0 Å². The van der Waals surface area contributed by atoms with Crippen molar-refractivity contribution in [3.63, 3.8) is 0 Å². The van der Waals surface area contributed by atoms with Gasteiger partial charge in [0, 0.05) is 36.4 Å². The minimum absolute atomic E-state index is 0.184. The summed E-state index contributed by atoms with van der Waals surface area (Å²) in [5.41, 5.74) is 11.3. The van der Waals surface area contributed by atoms with Crippen LogP contribution in [0.3, 0.4) is 0 Å². The predicted octanol–water partition coefficient (Wildman–Crippen LogP) is -2.45. The molecule has 8 N–H and O–H groups in total. The second-order valence-corrected chi connectivity index (χ2v) is 8.23. The second kappa shape index (κ2) is 10.6. The Bertz CT molecular complexity index is 1030. The van der Waals surface area contributed by atoms with E-state index in [1.165, 1.54) is 9.13 Å². The molecular formula is C20H30N6O8. The molecule has 0 saturated carbocycles. The molecule has 2 aliphatic heterocycles. The topological polar surface area (TPSA) is 221 Å². The van der Waals surface area contributed by atoms with Crippen LogP contribution < -0.4 is 22.8 Å². The van der Waals surface area contributed by atoms with E-state index in [1.54, 1.807) is 26.2 Å². The molecule has 2 fully saturated rings. The van der Waals surface area contributed by atoms with Gasteiger partial charge in [0.1, 0.15) is 36.3 Å². The lowest BCUT2D eigenvalue weighted by atomic mass is 10.2. The van der Waals surface area contributed by atoms with Crippen LogP contribution in [0.15, 0.2) is 22.0 Å². The molecule has 4 heterocycles. The van der Waals surface area contributed by atoms with Crippen LogP contribution in [0.4, 0.5) is 11.6 Å². The number of nitrogens with zero attached hydrogens (tertiary/aromatic N) is 4. The van der Waals surface area contributed by atoms with Gasteiger partial charge < -0.3 is 41.4 Å². The van der Waals surface area contributed by atoms with Gasteiger partial charge in [-0.05, 0) is 13.8 Å². The molecule has 0 unspecified atom stereocenters. The molecule has 2 aromatic rings. The lowest BCUT2D eigenvalue weighted by Gasteiger charge is -2.15. The van der Waals surface area contributed by atoms with Gasteiger partial charge in [-0.2, -0.15) is 9.97 Å². The smallest absolute Gasteiger partial charge is 0.351 e. The van der Waals surface area contributed by atoms with E-state index < -0.39 is 48.3 Å². The Balaban J connectivity index is 0.000000191. The largest absolute Gasteiger partial charge is 0.394 e. The maximum atomic E-state index is 11.6. The van der Waals surface area contributed by atoms with E-state index in [0.29, 0.717) is 11.1 Å². The van der Waals surface area contributed by atoms with Crippen LogP contribution in [0.5, 0.6) is 0 Å². The fourth-order valence-corrected chi connectivity index (χ4v) is 3.67. The first-order chi connectivity index (χ1) is 16.0. The monoisotopic (exact) mass is 482 g/mol. The third-order valence-electron chi connectivity index (χ3n) is 5.74. The minimum atomic E-state index is -0.783. The van der Waals surface area contributed by atoms with Gasteiger partial charge in [0.25, 0.3) is 0 Å². The Hall–Kier alpha value is -2.88. The number of aryl methyl sites for hydroxylation is 2. The van der Waals surface area contributed by atoms with E-state index in [4.69, 9.17) is 31.2 Å². The average molecular weight is 482 g/mol. The number of ether oxygens (including phenoxy) is 2. The maximum Gasteiger partial charge on any atom is 0.351 e. The molecule has 0 spiro atoms. The molecule has 0 bridgehead atoms. The molecule has 2 aromatic heterocycles. The van der Waals surface area contributed by atoms with Crippen molar-refractivity contribution < 1.29 is 29.9 Å². The number of aliphatic hydroxyl groups excluding tert-OH is 4. The third-order valence-corrected chi connectivity index (χ3v) is 5.74. The van der Waals surface area contributed by atoms with Gasteiger partial charge in [-0.1, -0.05) is 0 Å². The summed E-state index contributed by atoms with van der Waals surface area (Å²) in [4.78, 5) is 30.6. The molecule has 2 saturated heterocycles. The summed E-state index contributed by atoms with van der Waals surface area (Å²) in [6.07, 6.45) is -0.530. The van der Waals surface area contributed by atoms with E-state index in [-0.39, 0.29) is 37.7 Å². The van der Waals surface area contributed by atoms with E-state index in [9.17, 15) is 19.8 Å². The van der Waals surface area contributed by atoms with Crippen LogP contribution in [-0.2, 0) is 9.47 Å². The molecule has 0 aliphatic carbocycles. The normalized spacial score (nSPS) is 28.5. The van der Waals surface area contributed by atoms with Crippen molar-refractivity contribution in [2.75, 3.05) is 24.7 Å². The van der Waals surface area contributed by atoms with Crippen LogP contribution >= 0.6 is 0 Å². The number of aliphatic hydroxyl groups is 4. The molecule has 6 atom stereocenters. The standard InChI is InChI=1S/2C10H15N3O4/c2*1-5-3-13(10(16)12-9(5)11)8-2-6(15)7(4-14)17-8/h2*3,6-8,14-15H,2,4H2,1H3,(H2,11,12,16)/t2*6-,7+,8+/m00/s1. The quantitative estimate of drug-likeness (QED) is 0.267. The molecule has 14 nitrogen and oxygen atoms in total. The highest BCUT2D eigenvalue weighted by Gasteiger charge is 2.36. The van der Waals surface area contributed by atoms with Crippen LogP contribution in [0.25, 0.3) is 0 Å². The molecular weight excluding hydrogens is 452 g/mol. The number of aromatic nitrogens is 4. The first-order valence-corrected chi connectivity index (χ1v) is 10.6. The van der Waals surface area contributed by atoms with Crippen molar-refractivity contribution in [1.29, 1.82) is 0 Å². The van der Waals surface area contributed by atoms with Crippen LogP contribution in [-0.4, -0.2) is 77.2 Å². The maximum absolute atomic E-state index is 11.6. The number of nitrogens with two attached hydrogens (primary N) is 2. The van der Waals surface area contributed by atoms with Gasteiger partial charge >= 0.3 is 11.4 Å². The SMILES string of the molecule is Cc1cn([C@H]2C[C@H](O)[C@@H](CO)O2)c(=O)nc1N.Cc1cn([C@H]2C[C@H](O)[C@@H](CO)O2)c(=O)nc1N. The third kappa shape index (κ3) is 5.43. The van der Waals surface area contributed by atoms with Crippen molar-refractivity contribution in [3.8, 4) is 0 Å². The molecule has 34 heavy (non-hydrogen) atoms. The zero-order valence-electron chi connectivity index (χ0n) is 18.8. The number of nitrogen functional groups attached to an aromatic ring is 2. The van der Waals surface area contributed by atoms with Crippen molar-refractivity contribution in [1.82, 2.24) is 19.1 Å². The predicted molar refractivity (Wildman–Crippen MR) is 119 cm³/mol. The highest BCUT2D eigenvalue weighted by Crippen LogP contribution is 2.28. The summed E-state index contributed by atoms with van der Waals surface area (Å²) in [5, 5.41) is 37.1. The Morgan fingerprint density at radius 2 is 1.21 bits per heavy atom. The lowest BCUT2D eigenvalue weighted by Crippen LogP contribution is -2.28. The van der Waals surface area contributed by atoms with Crippen LogP contribution in [0.2, 0.25) is 0 Å². The van der Waals surface area contributed by atoms with Crippen molar-refractivity contribution in [2.45, 2.75) is 63.6 Å². The Kier molecular flexibility index (Phi) is 8.01. The number of hydrogen-bond acceptors (Lipinski definition) is 12. The van der Waals surface area contributed by atoms with Crippen LogP contribution in [0.1, 0.15) is 36.4 Å². The highest BCUT2D eigenvalue weighted by molar-refractivity contribution is 5.35. The summed E-state index contributed by atoms with van der Waals surface area (Å²) >= 11 is 0. The van der Waals surface area contributed by atoms with Crippen molar-refractivity contribution >= 4 is 11.6 Å². The zero-order valence-corrected chi connectivity index (χ0v) is 18.8. The fraction of sp³-hybridized carbons (Fsp3) is 0.600. The van der Waals surface area contributed by atoms with Gasteiger partial charge in [0.05, 0.1) is 25.4 Å². The van der Waals surface area contributed by atoms with E-state index in [0.717, 1.165) is 0 Å². The van der Waals surface area contributed by atoms with Crippen LogP contribution in [0, 0.1) is 13.8 Å². The average Bonchev–Trinajstić information content (AvgIpc) is 3.35. The van der Waals surface area contributed by atoms with Gasteiger partial charge in [-0.25, -0.2) is 9.59 Å². The first-order valence-electron chi connectivity index (χ1n) is 10.6. The van der Waals surface area contributed by atoms with Gasteiger partial charge in [0.2, 0.25) is 0 Å². The minimum Gasteiger partial charge on any atom is -0.394 e. The lowest BCUT2D eigenvalue weighted by molar-refractivity contribution is -0.0459. The Labute approximate surface area is 194 Å². The second-order valence-electron chi connectivity index (χ2n) is 8.23. The van der Waals surface area contributed by atoms with Gasteiger partial charge in [0.15, 0.2) is 0 Å². The molecule has 0 amide bonds. The Morgan fingerprint density at radius 1 is 0.853 bits per heavy atom. The summed E-state index contributed by atoms with van der Waals surface area (Å²) in [5.74, 6) is 0.368. The molecule has 0 aromatic carbocycles. The molecule has 4 rings (SSSR count). The molecule has 188 valence electrons. The zero-order chi connectivity index (χ0) is 25.2. The van der Waals surface area contributed by atoms with Gasteiger partial charge in [-0.3, -0.25) is 9.13 Å². The number of hydrogen-bond donors (Lipinski definition) is 6. The van der Waals surface area contributed by atoms with Crippen molar-refractivity contribution in [3.05, 3.63) is 44.5 Å². The summed E-state index contributed by atoms with van der Waals surface area (Å²) < 4.78 is 13.3. The first kappa shape index (κ1) is 25.7. The molecule has 0 radical (unpaired) electrons. The molecule has 14 heteroatoms. The molecule has 2 aliphatic rings. The summed E-state index contributed by atoms with van der Waals surface area (Å²) in [6.45, 7) is 2.89. The summed E-state index contributed by atoms with van der Waals surface area (Å²) in [7, 11) is 0. The summed E-state index contributed by atoms with van der Waals surface area (Å²) in [6, 6.07) is 0. The Morgan fingerprint density at radius 3 is 1.50 bits per heavy atom.